The van der Waals surface area contributed by atoms with Crippen LogP contribution in [0.3, 0.4) is 0 Å². The fourth-order valence-electron chi connectivity index (χ4n) is 2.53. The van der Waals surface area contributed by atoms with Crippen LogP contribution in [0.2, 0.25) is 0 Å². The molecule has 2 aromatic carbocycles. The Morgan fingerprint density at radius 3 is 2.60 bits per heavy atom. The van der Waals surface area contributed by atoms with Crippen LogP contribution in [-0.2, 0) is 0 Å². The molecule has 0 spiro atoms. The quantitative estimate of drug-likeness (QED) is 0.768. The van der Waals surface area contributed by atoms with Gasteiger partial charge in [-0.05, 0) is 42.5 Å². The van der Waals surface area contributed by atoms with E-state index in [0.717, 1.165) is 5.56 Å². The Hall–Kier alpha value is -3.35. The highest BCUT2D eigenvalue weighted by Gasteiger charge is 2.15. The Morgan fingerprint density at radius 1 is 1.04 bits per heavy atom. The Kier molecular flexibility index (Phi) is 3.81. The maximum absolute atomic E-state index is 13.0. The molecule has 0 aliphatic carbocycles. The smallest absolute Gasteiger partial charge is 0.273 e. The third-order valence-electron chi connectivity index (χ3n) is 3.76. The summed E-state index contributed by atoms with van der Waals surface area (Å²) in [4.78, 5) is 12.4. The second-order valence-electron chi connectivity index (χ2n) is 5.49. The molecule has 4 rings (SSSR count). The first-order chi connectivity index (χ1) is 12.2. The van der Waals surface area contributed by atoms with Gasteiger partial charge in [0.1, 0.15) is 24.7 Å². The van der Waals surface area contributed by atoms with Crippen LogP contribution in [0.4, 0.5) is 10.1 Å². The molecular formula is C18H14FN3O3. The number of rotatable bonds is 3. The number of nitrogens with one attached hydrogen (secondary N) is 2. The van der Waals surface area contributed by atoms with Gasteiger partial charge < -0.3 is 14.8 Å². The minimum atomic E-state index is -0.336. The van der Waals surface area contributed by atoms with Gasteiger partial charge in [-0.2, -0.15) is 5.10 Å². The highest BCUT2D eigenvalue weighted by Crippen LogP contribution is 2.32. The average molecular weight is 339 g/mol. The summed E-state index contributed by atoms with van der Waals surface area (Å²) in [6, 6.07) is 12.7. The molecule has 0 radical (unpaired) electrons. The van der Waals surface area contributed by atoms with Gasteiger partial charge in [0, 0.05) is 17.3 Å². The van der Waals surface area contributed by atoms with Gasteiger partial charge in [0.05, 0.1) is 5.69 Å². The zero-order valence-electron chi connectivity index (χ0n) is 13.1. The van der Waals surface area contributed by atoms with E-state index >= 15 is 0 Å². The van der Waals surface area contributed by atoms with Crippen LogP contribution in [0.25, 0.3) is 11.3 Å². The zero-order chi connectivity index (χ0) is 17.2. The number of amides is 1. The van der Waals surface area contributed by atoms with E-state index in [2.05, 4.69) is 15.5 Å². The van der Waals surface area contributed by atoms with Crippen molar-refractivity contribution >= 4 is 11.6 Å². The predicted octanol–water partition coefficient (Wildman–Crippen LogP) is 3.24. The standard InChI is InChI=1S/C18H14FN3O3/c19-12-3-1-11(2-4-12)14-10-15(22-21-14)18(23)20-13-5-6-16-17(9-13)25-8-7-24-16/h1-6,9-10H,7-8H2,(H,20,23)(H,21,22). The molecule has 0 fully saturated rings. The van der Waals surface area contributed by atoms with Gasteiger partial charge in [-0.15, -0.1) is 0 Å². The van der Waals surface area contributed by atoms with E-state index in [-0.39, 0.29) is 11.7 Å². The van der Waals surface area contributed by atoms with Crippen LogP contribution in [0, 0.1) is 5.82 Å². The lowest BCUT2D eigenvalue weighted by Crippen LogP contribution is -2.16. The number of hydrogen-bond acceptors (Lipinski definition) is 4. The van der Waals surface area contributed by atoms with Crippen LogP contribution in [-0.4, -0.2) is 29.3 Å². The molecule has 0 saturated heterocycles. The Morgan fingerprint density at radius 2 is 1.80 bits per heavy atom. The molecule has 6 nitrogen and oxygen atoms in total. The summed E-state index contributed by atoms with van der Waals surface area (Å²) in [7, 11) is 0. The molecule has 2 N–H and O–H groups in total. The van der Waals surface area contributed by atoms with Crippen molar-refractivity contribution in [3.8, 4) is 22.8 Å². The van der Waals surface area contributed by atoms with E-state index in [4.69, 9.17) is 9.47 Å². The number of carbonyl (C=O) groups is 1. The van der Waals surface area contributed by atoms with Crippen molar-refractivity contribution in [2.24, 2.45) is 0 Å². The van der Waals surface area contributed by atoms with Gasteiger partial charge in [0.2, 0.25) is 0 Å². The number of nitrogens with zero attached hydrogens (tertiary/aromatic N) is 1. The molecule has 2 heterocycles. The fraction of sp³-hybridized carbons (Fsp3) is 0.111. The number of aromatic nitrogens is 2. The van der Waals surface area contributed by atoms with Crippen molar-refractivity contribution < 1.29 is 18.7 Å². The summed E-state index contributed by atoms with van der Waals surface area (Å²) in [5, 5.41) is 9.56. The van der Waals surface area contributed by atoms with Crippen LogP contribution in [0.15, 0.2) is 48.5 Å². The summed E-state index contributed by atoms with van der Waals surface area (Å²) < 4.78 is 23.9. The van der Waals surface area contributed by atoms with Crippen molar-refractivity contribution in [1.82, 2.24) is 10.2 Å². The predicted molar refractivity (Wildman–Crippen MR) is 89.4 cm³/mol. The SMILES string of the molecule is O=C(Nc1ccc2c(c1)OCCO2)c1cc(-c2ccc(F)cc2)n[nH]1. The number of anilines is 1. The first kappa shape index (κ1) is 15.2. The summed E-state index contributed by atoms with van der Waals surface area (Å²) >= 11 is 0. The number of ether oxygens (including phenoxy) is 2. The molecule has 7 heteroatoms. The lowest BCUT2D eigenvalue weighted by Gasteiger charge is -2.18. The molecule has 1 aliphatic rings. The molecule has 0 bridgehead atoms. The maximum Gasteiger partial charge on any atom is 0.273 e. The van der Waals surface area contributed by atoms with Crippen molar-refractivity contribution in [2.45, 2.75) is 0 Å². The largest absolute Gasteiger partial charge is 0.486 e. The molecule has 1 aromatic heterocycles. The van der Waals surface area contributed by atoms with Crippen molar-refractivity contribution in [1.29, 1.82) is 0 Å². The molecular weight excluding hydrogens is 325 g/mol. The fourth-order valence-corrected chi connectivity index (χ4v) is 2.53. The second-order valence-corrected chi connectivity index (χ2v) is 5.49. The zero-order valence-corrected chi connectivity index (χ0v) is 13.1. The van der Waals surface area contributed by atoms with Crippen LogP contribution in [0.1, 0.15) is 10.5 Å². The molecule has 1 amide bonds. The number of carbonyl (C=O) groups excluding carboxylic acids is 1. The minimum absolute atomic E-state index is 0.300. The van der Waals surface area contributed by atoms with E-state index < -0.39 is 0 Å². The number of hydrogen-bond donors (Lipinski definition) is 2. The third kappa shape index (κ3) is 3.16. The van der Waals surface area contributed by atoms with E-state index in [0.29, 0.717) is 41.8 Å². The summed E-state index contributed by atoms with van der Waals surface area (Å²) in [5.74, 6) is 0.596. The Balaban J connectivity index is 1.51. The van der Waals surface area contributed by atoms with Gasteiger partial charge in [-0.25, -0.2) is 4.39 Å². The average Bonchev–Trinajstić information content (AvgIpc) is 3.12. The van der Waals surface area contributed by atoms with E-state index in [9.17, 15) is 9.18 Å². The molecule has 126 valence electrons. The van der Waals surface area contributed by atoms with E-state index in [1.165, 1.54) is 12.1 Å². The number of H-pyrrole nitrogens is 1. The molecule has 0 atom stereocenters. The molecule has 25 heavy (non-hydrogen) atoms. The number of halogens is 1. The minimum Gasteiger partial charge on any atom is -0.486 e. The molecule has 3 aromatic rings. The van der Waals surface area contributed by atoms with Crippen LogP contribution < -0.4 is 14.8 Å². The first-order valence-electron chi connectivity index (χ1n) is 7.71. The monoisotopic (exact) mass is 339 g/mol. The molecule has 1 aliphatic heterocycles. The number of benzene rings is 2. The number of aromatic amines is 1. The van der Waals surface area contributed by atoms with E-state index in [1.54, 1.807) is 36.4 Å². The highest BCUT2D eigenvalue weighted by atomic mass is 19.1. The Labute approximate surface area is 142 Å². The first-order valence-corrected chi connectivity index (χ1v) is 7.71. The topological polar surface area (TPSA) is 76.2 Å². The van der Waals surface area contributed by atoms with Crippen molar-refractivity contribution in [2.75, 3.05) is 18.5 Å². The highest BCUT2D eigenvalue weighted by molar-refractivity contribution is 6.03. The van der Waals surface area contributed by atoms with E-state index in [1.807, 2.05) is 0 Å². The Bertz CT molecular complexity index is 922. The second kappa shape index (κ2) is 6.27. The normalized spacial score (nSPS) is 12.7. The van der Waals surface area contributed by atoms with Crippen molar-refractivity contribution in [3.63, 3.8) is 0 Å². The summed E-state index contributed by atoms with van der Waals surface area (Å²) in [5.41, 5.74) is 2.17. The van der Waals surface area contributed by atoms with Crippen LogP contribution in [0.5, 0.6) is 11.5 Å². The number of fused-ring (bicyclic) bond motifs is 1. The van der Waals surface area contributed by atoms with Crippen molar-refractivity contribution in [3.05, 3.63) is 60.0 Å². The van der Waals surface area contributed by atoms with Gasteiger partial charge in [-0.1, -0.05) is 0 Å². The van der Waals surface area contributed by atoms with Crippen LogP contribution >= 0.6 is 0 Å². The lowest BCUT2D eigenvalue weighted by atomic mass is 10.1. The third-order valence-corrected chi connectivity index (χ3v) is 3.76. The summed E-state index contributed by atoms with van der Waals surface area (Å²) in [6.45, 7) is 0.991. The maximum atomic E-state index is 13.0. The van der Waals surface area contributed by atoms with Gasteiger partial charge in [0.15, 0.2) is 11.5 Å². The van der Waals surface area contributed by atoms with Gasteiger partial charge in [0.25, 0.3) is 5.91 Å². The van der Waals surface area contributed by atoms with Gasteiger partial charge in [-0.3, -0.25) is 9.89 Å². The molecule has 0 saturated carbocycles. The molecule has 0 unspecified atom stereocenters. The summed E-state index contributed by atoms with van der Waals surface area (Å²) in [6.07, 6.45) is 0. The lowest BCUT2D eigenvalue weighted by molar-refractivity contribution is 0.102. The van der Waals surface area contributed by atoms with Gasteiger partial charge >= 0.3 is 0 Å².